The predicted molar refractivity (Wildman–Crippen MR) is 68.1 cm³/mol. The molecule has 1 aliphatic heterocycles. The minimum absolute atomic E-state index is 0.0813. The van der Waals surface area contributed by atoms with Gasteiger partial charge >= 0.3 is 5.97 Å². The van der Waals surface area contributed by atoms with Crippen LogP contribution in [0.4, 0.5) is 0 Å². The van der Waals surface area contributed by atoms with Crippen LogP contribution in [-0.4, -0.2) is 35.0 Å². The fraction of sp³-hybridized carbons (Fsp3) is 0.857. The van der Waals surface area contributed by atoms with Crippen molar-refractivity contribution in [2.45, 2.75) is 45.4 Å². The highest BCUT2D eigenvalue weighted by Crippen LogP contribution is 2.29. The molecular formula is C14H23NO3. The van der Waals surface area contributed by atoms with Crippen molar-refractivity contribution in [3.8, 4) is 0 Å². The summed E-state index contributed by atoms with van der Waals surface area (Å²) in [6, 6.07) is 0. The van der Waals surface area contributed by atoms with Crippen LogP contribution in [0.1, 0.15) is 45.4 Å². The zero-order chi connectivity index (χ0) is 13.1. The largest absolute Gasteiger partial charge is 0.481 e. The summed E-state index contributed by atoms with van der Waals surface area (Å²) in [7, 11) is 0. The standard InChI is InChI=1S/C14H23NO3/c1-10-8-15(9-12(10)14(17)18)13(16)7-11-5-3-2-4-6-11/h10-12H,2-9H2,1H3,(H,17,18). The molecule has 0 spiro atoms. The van der Waals surface area contributed by atoms with E-state index in [0.29, 0.717) is 25.4 Å². The fourth-order valence-electron chi connectivity index (χ4n) is 3.26. The Balaban J connectivity index is 1.84. The quantitative estimate of drug-likeness (QED) is 0.838. The lowest BCUT2D eigenvalue weighted by molar-refractivity contribution is -0.142. The van der Waals surface area contributed by atoms with Crippen LogP contribution < -0.4 is 0 Å². The Bertz CT molecular complexity index is 323. The Kier molecular flexibility index (Phi) is 4.25. The number of amides is 1. The summed E-state index contributed by atoms with van der Waals surface area (Å²) >= 11 is 0. The zero-order valence-electron chi connectivity index (χ0n) is 11.1. The van der Waals surface area contributed by atoms with Crippen molar-refractivity contribution in [2.24, 2.45) is 17.8 Å². The van der Waals surface area contributed by atoms with Gasteiger partial charge in [0.25, 0.3) is 0 Å². The third kappa shape index (κ3) is 3.03. The number of likely N-dealkylation sites (tertiary alicyclic amines) is 1. The number of aliphatic carboxylic acids is 1. The maximum absolute atomic E-state index is 12.2. The van der Waals surface area contributed by atoms with Crippen molar-refractivity contribution in [3.63, 3.8) is 0 Å². The summed E-state index contributed by atoms with van der Waals surface area (Å²) in [4.78, 5) is 25.0. The number of carbonyl (C=O) groups is 2. The van der Waals surface area contributed by atoms with Crippen LogP contribution in [0.5, 0.6) is 0 Å². The van der Waals surface area contributed by atoms with E-state index >= 15 is 0 Å². The van der Waals surface area contributed by atoms with Gasteiger partial charge in [-0.3, -0.25) is 9.59 Å². The van der Waals surface area contributed by atoms with E-state index in [9.17, 15) is 9.59 Å². The molecule has 0 radical (unpaired) electrons. The Morgan fingerprint density at radius 2 is 1.83 bits per heavy atom. The highest BCUT2D eigenvalue weighted by atomic mass is 16.4. The fourth-order valence-corrected chi connectivity index (χ4v) is 3.26. The predicted octanol–water partition coefficient (Wildman–Crippen LogP) is 2.14. The number of nitrogens with zero attached hydrogens (tertiary/aromatic N) is 1. The third-order valence-corrected chi connectivity index (χ3v) is 4.47. The molecule has 18 heavy (non-hydrogen) atoms. The van der Waals surface area contributed by atoms with Gasteiger partial charge in [0.05, 0.1) is 5.92 Å². The van der Waals surface area contributed by atoms with E-state index in [1.807, 2.05) is 6.92 Å². The molecule has 2 aliphatic rings. The van der Waals surface area contributed by atoms with Gasteiger partial charge in [-0.25, -0.2) is 0 Å². The van der Waals surface area contributed by atoms with Crippen LogP contribution in [0.3, 0.4) is 0 Å². The van der Waals surface area contributed by atoms with Crippen molar-refractivity contribution < 1.29 is 14.7 Å². The summed E-state index contributed by atoms with van der Waals surface area (Å²) < 4.78 is 0. The molecule has 1 amide bonds. The number of carboxylic acids is 1. The molecule has 1 N–H and O–H groups in total. The summed E-state index contributed by atoms with van der Waals surface area (Å²) in [6.45, 7) is 2.94. The van der Waals surface area contributed by atoms with Crippen molar-refractivity contribution in [3.05, 3.63) is 0 Å². The first-order valence-corrected chi connectivity index (χ1v) is 7.08. The van der Waals surface area contributed by atoms with Crippen LogP contribution in [-0.2, 0) is 9.59 Å². The molecule has 4 heteroatoms. The second-order valence-corrected chi connectivity index (χ2v) is 5.93. The van der Waals surface area contributed by atoms with Gasteiger partial charge in [0.15, 0.2) is 0 Å². The Morgan fingerprint density at radius 1 is 1.17 bits per heavy atom. The smallest absolute Gasteiger partial charge is 0.308 e. The van der Waals surface area contributed by atoms with E-state index in [1.165, 1.54) is 19.3 Å². The van der Waals surface area contributed by atoms with Gasteiger partial charge in [0.2, 0.25) is 5.91 Å². The molecule has 102 valence electrons. The van der Waals surface area contributed by atoms with Crippen LogP contribution in [0.15, 0.2) is 0 Å². The Hall–Kier alpha value is -1.06. The van der Waals surface area contributed by atoms with E-state index in [1.54, 1.807) is 4.90 Å². The first-order chi connectivity index (χ1) is 8.58. The Morgan fingerprint density at radius 3 is 2.39 bits per heavy atom. The van der Waals surface area contributed by atoms with E-state index in [2.05, 4.69) is 0 Å². The number of carboxylic acid groups (broad SMARTS) is 1. The monoisotopic (exact) mass is 253 g/mol. The molecule has 2 atom stereocenters. The molecule has 4 nitrogen and oxygen atoms in total. The van der Waals surface area contributed by atoms with Crippen LogP contribution in [0.25, 0.3) is 0 Å². The maximum Gasteiger partial charge on any atom is 0.308 e. The SMILES string of the molecule is CC1CN(C(=O)CC2CCCCC2)CC1C(=O)O. The number of rotatable bonds is 3. The van der Waals surface area contributed by atoms with Crippen LogP contribution in [0, 0.1) is 17.8 Å². The molecular weight excluding hydrogens is 230 g/mol. The highest BCUT2D eigenvalue weighted by molar-refractivity contribution is 5.79. The average molecular weight is 253 g/mol. The molecule has 0 bridgehead atoms. The van der Waals surface area contributed by atoms with Crippen molar-refractivity contribution in [1.29, 1.82) is 0 Å². The van der Waals surface area contributed by atoms with Crippen molar-refractivity contribution in [2.75, 3.05) is 13.1 Å². The second kappa shape index (κ2) is 5.72. The van der Waals surface area contributed by atoms with Crippen LogP contribution in [0.2, 0.25) is 0 Å². The van der Waals surface area contributed by atoms with Gasteiger partial charge in [-0.2, -0.15) is 0 Å². The molecule has 1 saturated heterocycles. The van der Waals surface area contributed by atoms with E-state index in [4.69, 9.17) is 5.11 Å². The summed E-state index contributed by atoms with van der Waals surface area (Å²) in [5.74, 6) is -0.364. The normalized spacial score (nSPS) is 29.5. The first-order valence-electron chi connectivity index (χ1n) is 7.08. The summed E-state index contributed by atoms with van der Waals surface area (Å²) in [6.07, 6.45) is 6.73. The molecule has 0 aromatic carbocycles. The molecule has 1 heterocycles. The third-order valence-electron chi connectivity index (χ3n) is 4.47. The lowest BCUT2D eigenvalue weighted by atomic mass is 9.87. The number of hydrogen-bond acceptors (Lipinski definition) is 2. The molecule has 2 unspecified atom stereocenters. The molecule has 1 aliphatic carbocycles. The molecule has 0 aromatic heterocycles. The second-order valence-electron chi connectivity index (χ2n) is 5.93. The Labute approximate surface area is 108 Å². The van der Waals surface area contributed by atoms with E-state index in [-0.39, 0.29) is 17.7 Å². The van der Waals surface area contributed by atoms with Gasteiger partial charge in [0.1, 0.15) is 0 Å². The summed E-state index contributed by atoms with van der Waals surface area (Å²) in [5, 5.41) is 9.07. The molecule has 2 rings (SSSR count). The first kappa shape index (κ1) is 13.4. The highest BCUT2D eigenvalue weighted by Gasteiger charge is 2.37. The minimum atomic E-state index is -0.768. The zero-order valence-corrected chi connectivity index (χ0v) is 11.1. The van der Waals surface area contributed by atoms with Gasteiger partial charge < -0.3 is 10.0 Å². The maximum atomic E-state index is 12.2. The van der Waals surface area contributed by atoms with Crippen molar-refractivity contribution >= 4 is 11.9 Å². The molecule has 2 fully saturated rings. The molecule has 1 saturated carbocycles. The lowest BCUT2D eigenvalue weighted by Gasteiger charge is -2.24. The summed E-state index contributed by atoms with van der Waals surface area (Å²) in [5.41, 5.74) is 0. The number of carbonyl (C=O) groups excluding carboxylic acids is 1. The minimum Gasteiger partial charge on any atom is -0.481 e. The lowest BCUT2D eigenvalue weighted by Crippen LogP contribution is -2.31. The van der Waals surface area contributed by atoms with Gasteiger partial charge in [0, 0.05) is 19.5 Å². The van der Waals surface area contributed by atoms with Gasteiger partial charge in [-0.15, -0.1) is 0 Å². The van der Waals surface area contributed by atoms with Crippen LogP contribution >= 0.6 is 0 Å². The number of hydrogen-bond donors (Lipinski definition) is 1. The van der Waals surface area contributed by atoms with Crippen molar-refractivity contribution in [1.82, 2.24) is 4.90 Å². The average Bonchev–Trinajstić information content (AvgIpc) is 2.73. The van der Waals surface area contributed by atoms with Gasteiger partial charge in [-0.05, 0) is 24.7 Å². The van der Waals surface area contributed by atoms with Gasteiger partial charge in [-0.1, -0.05) is 26.2 Å². The van der Waals surface area contributed by atoms with E-state index < -0.39 is 5.97 Å². The topological polar surface area (TPSA) is 57.6 Å². The molecule has 0 aromatic rings. The van der Waals surface area contributed by atoms with E-state index in [0.717, 1.165) is 12.8 Å².